The standard InChI is InChI=1S/C18H16N2O4/c1-11-5-7-14(8-6-11)20-16(21)10-15(17(20)22)19-13-4-2-3-12(9-13)18(23)24/h2-9,15,19H,10H2,1H3,(H,23,24)/p-1/t15-/m0/s1. The molecule has 24 heavy (non-hydrogen) atoms. The number of nitrogens with one attached hydrogen (secondary N) is 1. The van der Waals surface area contributed by atoms with Crippen molar-refractivity contribution < 1.29 is 19.5 Å². The zero-order valence-electron chi connectivity index (χ0n) is 13.0. The van der Waals surface area contributed by atoms with Crippen molar-refractivity contribution in [3.05, 3.63) is 59.7 Å². The highest BCUT2D eigenvalue weighted by atomic mass is 16.4. The maximum Gasteiger partial charge on any atom is 0.256 e. The van der Waals surface area contributed by atoms with Gasteiger partial charge in [0, 0.05) is 5.69 Å². The number of benzene rings is 2. The monoisotopic (exact) mass is 323 g/mol. The predicted octanol–water partition coefficient (Wildman–Crippen LogP) is 1.10. The second-order valence-electron chi connectivity index (χ2n) is 5.67. The van der Waals surface area contributed by atoms with Crippen LogP contribution in [0.5, 0.6) is 0 Å². The van der Waals surface area contributed by atoms with Crippen molar-refractivity contribution in [2.24, 2.45) is 0 Å². The smallest absolute Gasteiger partial charge is 0.256 e. The van der Waals surface area contributed by atoms with Crippen LogP contribution in [0.4, 0.5) is 11.4 Å². The first-order valence-corrected chi connectivity index (χ1v) is 7.47. The first kappa shape index (κ1) is 15.7. The lowest BCUT2D eigenvalue weighted by molar-refractivity contribution is -0.255. The summed E-state index contributed by atoms with van der Waals surface area (Å²) >= 11 is 0. The Labute approximate surface area is 138 Å². The molecule has 1 fully saturated rings. The topological polar surface area (TPSA) is 89.5 Å². The molecule has 0 bridgehead atoms. The van der Waals surface area contributed by atoms with Gasteiger partial charge in [0.2, 0.25) is 5.91 Å². The number of carbonyl (C=O) groups excluding carboxylic acids is 3. The molecular formula is C18H15N2O4-. The van der Waals surface area contributed by atoms with E-state index in [9.17, 15) is 19.5 Å². The molecule has 0 spiro atoms. The average Bonchev–Trinajstić information content (AvgIpc) is 2.83. The predicted molar refractivity (Wildman–Crippen MR) is 86.5 cm³/mol. The van der Waals surface area contributed by atoms with Gasteiger partial charge in [-0.1, -0.05) is 29.8 Å². The zero-order valence-corrected chi connectivity index (χ0v) is 13.0. The number of aromatic carboxylic acids is 1. The van der Waals surface area contributed by atoms with Gasteiger partial charge in [0.15, 0.2) is 0 Å². The largest absolute Gasteiger partial charge is 0.545 e. The fraction of sp³-hybridized carbons (Fsp3) is 0.167. The number of imide groups is 1. The lowest BCUT2D eigenvalue weighted by Gasteiger charge is -2.16. The van der Waals surface area contributed by atoms with Crippen molar-refractivity contribution in [3.8, 4) is 0 Å². The number of nitrogens with zero attached hydrogens (tertiary/aromatic N) is 1. The molecule has 0 unspecified atom stereocenters. The SMILES string of the molecule is Cc1ccc(N2C(=O)C[C@H](Nc3cccc(C(=O)[O-])c3)C2=O)cc1. The maximum absolute atomic E-state index is 12.5. The Morgan fingerprint density at radius 1 is 1.17 bits per heavy atom. The van der Waals surface area contributed by atoms with Crippen LogP contribution in [0.2, 0.25) is 0 Å². The number of rotatable bonds is 4. The van der Waals surface area contributed by atoms with Gasteiger partial charge in [-0.2, -0.15) is 0 Å². The Bertz CT molecular complexity index is 814. The molecular weight excluding hydrogens is 308 g/mol. The number of carboxylic acids is 1. The number of amides is 2. The van der Waals surface area contributed by atoms with E-state index in [4.69, 9.17) is 0 Å². The Hall–Kier alpha value is -3.15. The lowest BCUT2D eigenvalue weighted by atomic mass is 10.1. The van der Waals surface area contributed by atoms with E-state index in [1.54, 1.807) is 24.3 Å². The zero-order chi connectivity index (χ0) is 17.3. The fourth-order valence-electron chi connectivity index (χ4n) is 2.65. The van der Waals surface area contributed by atoms with E-state index in [2.05, 4.69) is 5.32 Å². The van der Waals surface area contributed by atoms with E-state index >= 15 is 0 Å². The number of hydrogen-bond acceptors (Lipinski definition) is 5. The number of aryl methyl sites for hydroxylation is 1. The first-order valence-electron chi connectivity index (χ1n) is 7.47. The van der Waals surface area contributed by atoms with Crippen LogP contribution in [0.3, 0.4) is 0 Å². The molecule has 1 aliphatic rings. The molecule has 0 aromatic heterocycles. The molecule has 2 aromatic rings. The summed E-state index contributed by atoms with van der Waals surface area (Å²) in [5, 5.41) is 13.8. The van der Waals surface area contributed by atoms with Gasteiger partial charge in [-0.05, 0) is 36.8 Å². The molecule has 1 aliphatic heterocycles. The molecule has 0 aliphatic carbocycles. The lowest BCUT2D eigenvalue weighted by Crippen LogP contribution is -2.34. The van der Waals surface area contributed by atoms with Crippen LogP contribution < -0.4 is 15.3 Å². The highest BCUT2D eigenvalue weighted by Crippen LogP contribution is 2.25. The van der Waals surface area contributed by atoms with Crippen LogP contribution in [0.15, 0.2) is 48.5 Å². The van der Waals surface area contributed by atoms with Gasteiger partial charge in [-0.15, -0.1) is 0 Å². The van der Waals surface area contributed by atoms with Gasteiger partial charge in [0.1, 0.15) is 6.04 Å². The molecule has 122 valence electrons. The minimum absolute atomic E-state index is 0.00663. The average molecular weight is 323 g/mol. The highest BCUT2D eigenvalue weighted by molar-refractivity contribution is 6.23. The van der Waals surface area contributed by atoms with Crippen LogP contribution in [0.1, 0.15) is 22.3 Å². The molecule has 1 saturated heterocycles. The summed E-state index contributed by atoms with van der Waals surface area (Å²) < 4.78 is 0. The van der Waals surface area contributed by atoms with Gasteiger partial charge in [0.05, 0.1) is 18.1 Å². The fourth-order valence-corrected chi connectivity index (χ4v) is 2.65. The van der Waals surface area contributed by atoms with Crippen LogP contribution in [0.25, 0.3) is 0 Å². The molecule has 2 aromatic carbocycles. The van der Waals surface area contributed by atoms with Crippen LogP contribution in [-0.4, -0.2) is 23.8 Å². The highest BCUT2D eigenvalue weighted by Gasteiger charge is 2.39. The maximum atomic E-state index is 12.5. The minimum atomic E-state index is -1.30. The van der Waals surface area contributed by atoms with E-state index < -0.39 is 12.0 Å². The third-order valence-electron chi connectivity index (χ3n) is 3.88. The molecule has 6 nitrogen and oxygen atoms in total. The van der Waals surface area contributed by atoms with Crippen LogP contribution in [0, 0.1) is 6.92 Å². The molecule has 1 N–H and O–H groups in total. The summed E-state index contributed by atoms with van der Waals surface area (Å²) in [6, 6.07) is 12.4. The molecule has 3 rings (SSSR count). The van der Waals surface area contributed by atoms with Gasteiger partial charge in [0.25, 0.3) is 5.91 Å². The van der Waals surface area contributed by atoms with Crippen molar-refractivity contribution >= 4 is 29.2 Å². The van der Waals surface area contributed by atoms with E-state index in [1.807, 2.05) is 19.1 Å². The van der Waals surface area contributed by atoms with Crippen molar-refractivity contribution in [2.75, 3.05) is 10.2 Å². The van der Waals surface area contributed by atoms with E-state index in [1.165, 1.54) is 12.1 Å². The Kier molecular flexibility index (Phi) is 4.04. The third-order valence-corrected chi connectivity index (χ3v) is 3.88. The summed E-state index contributed by atoms with van der Waals surface area (Å²) in [4.78, 5) is 36.8. The second kappa shape index (κ2) is 6.16. The molecule has 0 saturated carbocycles. The number of carboxylic acid groups (broad SMARTS) is 1. The van der Waals surface area contributed by atoms with Gasteiger partial charge in [-0.3, -0.25) is 9.59 Å². The van der Waals surface area contributed by atoms with Crippen molar-refractivity contribution in [2.45, 2.75) is 19.4 Å². The first-order chi connectivity index (χ1) is 11.5. The van der Waals surface area contributed by atoms with Crippen molar-refractivity contribution in [1.29, 1.82) is 0 Å². The van der Waals surface area contributed by atoms with Crippen LogP contribution in [-0.2, 0) is 9.59 Å². The van der Waals surface area contributed by atoms with Crippen LogP contribution >= 0.6 is 0 Å². The summed E-state index contributed by atoms with van der Waals surface area (Å²) in [5.41, 5.74) is 2.02. The van der Waals surface area contributed by atoms with Crippen molar-refractivity contribution in [1.82, 2.24) is 0 Å². The Morgan fingerprint density at radius 3 is 2.54 bits per heavy atom. The van der Waals surface area contributed by atoms with Gasteiger partial charge < -0.3 is 15.2 Å². The molecule has 1 heterocycles. The normalized spacial score (nSPS) is 17.2. The van der Waals surface area contributed by atoms with E-state index in [0.29, 0.717) is 11.4 Å². The molecule has 2 amide bonds. The quantitative estimate of drug-likeness (QED) is 0.851. The van der Waals surface area contributed by atoms with Crippen molar-refractivity contribution in [3.63, 3.8) is 0 Å². The number of carbonyl (C=O) groups is 3. The van der Waals surface area contributed by atoms with E-state index in [0.717, 1.165) is 10.5 Å². The number of hydrogen-bond donors (Lipinski definition) is 1. The summed E-state index contributed by atoms with van der Waals surface area (Å²) in [6.07, 6.45) is 0.0161. The second-order valence-corrected chi connectivity index (χ2v) is 5.67. The Morgan fingerprint density at radius 2 is 1.88 bits per heavy atom. The molecule has 0 radical (unpaired) electrons. The molecule has 6 heteroatoms. The summed E-state index contributed by atoms with van der Waals surface area (Å²) in [5.74, 6) is -1.95. The van der Waals surface area contributed by atoms with E-state index in [-0.39, 0.29) is 23.8 Å². The van der Waals surface area contributed by atoms with Gasteiger partial charge >= 0.3 is 0 Å². The summed E-state index contributed by atoms with van der Waals surface area (Å²) in [7, 11) is 0. The van der Waals surface area contributed by atoms with Gasteiger partial charge in [-0.25, -0.2) is 4.90 Å². The summed E-state index contributed by atoms with van der Waals surface area (Å²) in [6.45, 7) is 1.92. The molecule has 1 atom stereocenters. The Balaban J connectivity index is 1.80. The minimum Gasteiger partial charge on any atom is -0.545 e. The number of anilines is 2. The third kappa shape index (κ3) is 2.99.